The van der Waals surface area contributed by atoms with Gasteiger partial charge in [0, 0.05) is 23.6 Å². The zero-order chi connectivity index (χ0) is 17.3. The van der Waals surface area contributed by atoms with E-state index in [1.807, 2.05) is 51.1 Å². The van der Waals surface area contributed by atoms with E-state index in [1.54, 1.807) is 6.07 Å². The lowest BCUT2D eigenvalue weighted by Crippen LogP contribution is -2.24. The van der Waals surface area contributed by atoms with Crippen LogP contribution in [0.25, 0.3) is 11.0 Å². The Labute approximate surface area is 140 Å². The number of carbonyl (C=O) groups is 1. The number of carbonyl (C=O) groups excluding carboxylic acids is 1. The Hall–Kier alpha value is -2.88. The highest BCUT2D eigenvalue weighted by Gasteiger charge is 2.11. The van der Waals surface area contributed by atoms with Crippen molar-refractivity contribution < 1.29 is 9.21 Å². The Morgan fingerprint density at radius 3 is 2.46 bits per heavy atom. The van der Waals surface area contributed by atoms with E-state index in [4.69, 9.17) is 4.42 Å². The van der Waals surface area contributed by atoms with Crippen molar-refractivity contribution in [2.45, 2.75) is 27.3 Å². The van der Waals surface area contributed by atoms with Crippen LogP contribution in [0.4, 0.5) is 0 Å². The quantitative estimate of drug-likeness (QED) is 0.749. The Kier molecular flexibility index (Phi) is 4.21. The highest BCUT2D eigenvalue weighted by atomic mass is 16.4. The number of benzene rings is 2. The van der Waals surface area contributed by atoms with Gasteiger partial charge in [0.15, 0.2) is 0 Å². The Balaban J connectivity index is 1.93. The van der Waals surface area contributed by atoms with E-state index in [2.05, 4.69) is 5.32 Å². The van der Waals surface area contributed by atoms with Gasteiger partial charge in [-0.2, -0.15) is 0 Å². The van der Waals surface area contributed by atoms with Crippen LogP contribution in [-0.4, -0.2) is 5.91 Å². The van der Waals surface area contributed by atoms with Gasteiger partial charge in [-0.15, -0.1) is 0 Å². The van der Waals surface area contributed by atoms with Gasteiger partial charge in [0.05, 0.1) is 0 Å². The first-order valence-corrected chi connectivity index (χ1v) is 7.83. The molecule has 0 aliphatic carbocycles. The lowest BCUT2D eigenvalue weighted by Gasteiger charge is -2.10. The van der Waals surface area contributed by atoms with Crippen LogP contribution >= 0.6 is 0 Å². The third-order valence-electron chi connectivity index (χ3n) is 4.27. The first-order valence-electron chi connectivity index (χ1n) is 7.83. The predicted octanol–water partition coefficient (Wildman–Crippen LogP) is 3.65. The predicted molar refractivity (Wildman–Crippen MR) is 94.3 cm³/mol. The highest BCUT2D eigenvalue weighted by Crippen LogP contribution is 2.21. The maximum atomic E-state index is 12.4. The van der Waals surface area contributed by atoms with Gasteiger partial charge in [-0.05, 0) is 61.2 Å². The second-order valence-corrected chi connectivity index (χ2v) is 6.02. The van der Waals surface area contributed by atoms with E-state index in [9.17, 15) is 9.59 Å². The number of hydrogen-bond donors (Lipinski definition) is 1. The lowest BCUT2D eigenvalue weighted by atomic mass is 10.0. The zero-order valence-corrected chi connectivity index (χ0v) is 14.0. The number of rotatable bonds is 3. The Bertz CT molecular complexity index is 986. The average Bonchev–Trinajstić information content (AvgIpc) is 2.54. The molecule has 0 aliphatic heterocycles. The van der Waals surface area contributed by atoms with Crippen molar-refractivity contribution in [2.24, 2.45) is 0 Å². The normalized spacial score (nSPS) is 10.8. The molecule has 122 valence electrons. The van der Waals surface area contributed by atoms with Crippen molar-refractivity contribution in [2.75, 3.05) is 0 Å². The molecule has 0 spiro atoms. The van der Waals surface area contributed by atoms with Gasteiger partial charge in [-0.25, -0.2) is 4.79 Å². The molecular weight excluding hydrogens is 302 g/mol. The van der Waals surface area contributed by atoms with Crippen LogP contribution in [0.5, 0.6) is 0 Å². The van der Waals surface area contributed by atoms with Gasteiger partial charge < -0.3 is 9.73 Å². The summed E-state index contributed by atoms with van der Waals surface area (Å²) in [6, 6.07) is 12.7. The monoisotopic (exact) mass is 321 g/mol. The lowest BCUT2D eigenvalue weighted by molar-refractivity contribution is 0.0950. The van der Waals surface area contributed by atoms with Crippen molar-refractivity contribution in [1.29, 1.82) is 0 Å². The molecule has 3 aromatic rings. The van der Waals surface area contributed by atoms with Gasteiger partial charge >= 0.3 is 5.63 Å². The summed E-state index contributed by atoms with van der Waals surface area (Å²) in [6.45, 7) is 6.16. The third kappa shape index (κ3) is 3.08. The van der Waals surface area contributed by atoms with Crippen molar-refractivity contribution in [3.8, 4) is 0 Å². The van der Waals surface area contributed by atoms with Crippen LogP contribution in [0.1, 0.15) is 32.6 Å². The fourth-order valence-corrected chi connectivity index (χ4v) is 2.73. The fourth-order valence-electron chi connectivity index (χ4n) is 2.73. The van der Waals surface area contributed by atoms with Crippen molar-refractivity contribution in [1.82, 2.24) is 5.32 Å². The molecule has 0 aliphatic rings. The smallest absolute Gasteiger partial charge is 0.336 e. The van der Waals surface area contributed by atoms with Crippen molar-refractivity contribution >= 4 is 16.9 Å². The number of fused-ring (bicyclic) bond motifs is 1. The van der Waals surface area contributed by atoms with E-state index in [0.717, 1.165) is 27.6 Å². The van der Waals surface area contributed by atoms with Crippen molar-refractivity contribution in [3.63, 3.8) is 0 Å². The molecule has 1 aromatic heterocycles. The first-order chi connectivity index (χ1) is 11.5. The average molecular weight is 321 g/mol. The molecule has 0 saturated heterocycles. The highest BCUT2D eigenvalue weighted by molar-refractivity contribution is 5.95. The van der Waals surface area contributed by atoms with Gasteiger partial charge in [0.25, 0.3) is 5.91 Å². The van der Waals surface area contributed by atoms with Gasteiger partial charge in [0.2, 0.25) is 0 Å². The summed E-state index contributed by atoms with van der Waals surface area (Å²) in [5, 5.41) is 3.74. The second-order valence-electron chi connectivity index (χ2n) is 6.02. The minimum absolute atomic E-state index is 0.154. The first kappa shape index (κ1) is 16.0. The summed E-state index contributed by atoms with van der Waals surface area (Å²) in [4.78, 5) is 24.2. The molecule has 0 unspecified atom stereocenters. The van der Waals surface area contributed by atoms with Crippen LogP contribution in [0.15, 0.2) is 51.7 Å². The molecule has 4 nitrogen and oxygen atoms in total. The van der Waals surface area contributed by atoms with Gasteiger partial charge in [-0.3, -0.25) is 4.79 Å². The summed E-state index contributed by atoms with van der Waals surface area (Å²) >= 11 is 0. The van der Waals surface area contributed by atoms with Crippen molar-refractivity contribution in [3.05, 3.63) is 80.7 Å². The molecule has 1 heterocycles. The van der Waals surface area contributed by atoms with E-state index in [0.29, 0.717) is 11.1 Å². The minimum atomic E-state index is -0.411. The molecule has 0 atom stereocenters. The summed E-state index contributed by atoms with van der Waals surface area (Å²) in [5.41, 5.74) is 4.62. The SMILES string of the molecule is Cc1cc2oc(=O)cc(CNC(=O)c3ccccc3C)c2cc1C. The fraction of sp³-hybridized carbons (Fsp3) is 0.200. The molecule has 0 fully saturated rings. The molecule has 3 rings (SSSR count). The summed E-state index contributed by atoms with van der Waals surface area (Å²) < 4.78 is 5.28. The molecule has 0 bridgehead atoms. The second kappa shape index (κ2) is 6.32. The van der Waals surface area contributed by atoms with E-state index in [-0.39, 0.29) is 12.5 Å². The summed E-state index contributed by atoms with van der Waals surface area (Å²) in [6.07, 6.45) is 0. The number of nitrogens with one attached hydrogen (secondary N) is 1. The maximum Gasteiger partial charge on any atom is 0.336 e. The van der Waals surface area contributed by atoms with Gasteiger partial charge in [0.1, 0.15) is 5.58 Å². The number of amides is 1. The molecule has 4 heteroatoms. The largest absolute Gasteiger partial charge is 0.423 e. The molecule has 1 N–H and O–H groups in total. The topological polar surface area (TPSA) is 59.3 Å². The van der Waals surface area contributed by atoms with E-state index >= 15 is 0 Å². The summed E-state index contributed by atoms with van der Waals surface area (Å²) in [5.74, 6) is -0.154. The molecule has 1 amide bonds. The minimum Gasteiger partial charge on any atom is -0.423 e. The maximum absolute atomic E-state index is 12.4. The van der Waals surface area contributed by atoms with Crippen LogP contribution in [0.3, 0.4) is 0 Å². The molecule has 0 radical (unpaired) electrons. The molecule has 2 aromatic carbocycles. The molecule has 24 heavy (non-hydrogen) atoms. The van der Waals surface area contributed by atoms with E-state index < -0.39 is 5.63 Å². The standard InChI is InChI=1S/C20H19NO3/c1-12-6-4-5-7-16(12)20(23)21-11-15-10-19(22)24-18-9-14(3)13(2)8-17(15)18/h4-10H,11H2,1-3H3,(H,21,23). The Morgan fingerprint density at radius 1 is 1.00 bits per heavy atom. The zero-order valence-electron chi connectivity index (χ0n) is 14.0. The molecular formula is C20H19NO3. The third-order valence-corrected chi connectivity index (χ3v) is 4.27. The van der Waals surface area contributed by atoms with E-state index in [1.165, 1.54) is 6.07 Å². The number of hydrogen-bond acceptors (Lipinski definition) is 3. The van der Waals surface area contributed by atoms with Gasteiger partial charge in [-0.1, -0.05) is 18.2 Å². The van der Waals surface area contributed by atoms with Crippen LogP contribution in [-0.2, 0) is 6.54 Å². The van der Waals surface area contributed by atoms with Crippen LogP contribution < -0.4 is 10.9 Å². The molecule has 0 saturated carbocycles. The summed E-state index contributed by atoms with van der Waals surface area (Å²) in [7, 11) is 0. The van der Waals surface area contributed by atoms with Crippen LogP contribution in [0.2, 0.25) is 0 Å². The van der Waals surface area contributed by atoms with Crippen LogP contribution in [0, 0.1) is 20.8 Å². The number of aryl methyl sites for hydroxylation is 3. The Morgan fingerprint density at radius 2 is 1.71 bits per heavy atom.